The highest BCUT2D eigenvalue weighted by Gasteiger charge is 2.23. The molecule has 1 saturated heterocycles. The first-order chi connectivity index (χ1) is 9.81. The number of benzene rings is 1. The van der Waals surface area contributed by atoms with Gasteiger partial charge in [0.25, 0.3) is 5.89 Å². The van der Waals surface area contributed by atoms with Gasteiger partial charge in [-0.1, -0.05) is 11.2 Å². The van der Waals surface area contributed by atoms with Crippen molar-refractivity contribution in [3.8, 4) is 11.5 Å². The maximum Gasteiger partial charge on any atom is 0.258 e. The van der Waals surface area contributed by atoms with Gasteiger partial charge in [0.1, 0.15) is 0 Å². The van der Waals surface area contributed by atoms with E-state index in [1.807, 2.05) is 19.3 Å². The third-order valence-corrected chi connectivity index (χ3v) is 3.87. The lowest BCUT2D eigenvalue weighted by Crippen LogP contribution is -1.99. The average Bonchev–Trinajstić information content (AvgIpc) is 3.18. The summed E-state index contributed by atoms with van der Waals surface area (Å²) in [6, 6.07) is 8.27. The summed E-state index contributed by atoms with van der Waals surface area (Å²) in [5.74, 6) is 1.60. The van der Waals surface area contributed by atoms with Gasteiger partial charge in [0, 0.05) is 36.8 Å². The van der Waals surface area contributed by atoms with Crippen molar-refractivity contribution in [1.29, 1.82) is 0 Å². The van der Waals surface area contributed by atoms with Crippen LogP contribution >= 0.6 is 0 Å². The zero-order valence-electron chi connectivity index (χ0n) is 11.2. The van der Waals surface area contributed by atoms with Gasteiger partial charge in [-0.3, -0.25) is 0 Å². The fourth-order valence-electron chi connectivity index (χ4n) is 2.65. The molecule has 20 heavy (non-hydrogen) atoms. The smallest absolute Gasteiger partial charge is 0.258 e. The van der Waals surface area contributed by atoms with Crippen LogP contribution in [0, 0.1) is 0 Å². The number of rotatable bonds is 2. The quantitative estimate of drug-likeness (QED) is 0.717. The minimum atomic E-state index is 0.270. The lowest BCUT2D eigenvalue weighted by atomic mass is 10.1. The molecule has 0 N–H and O–H groups in total. The van der Waals surface area contributed by atoms with Crippen LogP contribution in [0.3, 0.4) is 0 Å². The van der Waals surface area contributed by atoms with Crippen LogP contribution in [0.4, 0.5) is 0 Å². The highest BCUT2D eigenvalue weighted by atomic mass is 16.5. The molecule has 0 unspecified atom stereocenters. The Kier molecular flexibility index (Phi) is 2.60. The number of aromatic nitrogens is 3. The fourth-order valence-corrected chi connectivity index (χ4v) is 2.65. The van der Waals surface area contributed by atoms with Crippen molar-refractivity contribution in [2.75, 3.05) is 13.2 Å². The number of hydrogen-bond donors (Lipinski definition) is 0. The molecule has 1 aromatic carbocycles. The van der Waals surface area contributed by atoms with Gasteiger partial charge in [0.15, 0.2) is 5.82 Å². The Bertz CT molecular complexity index is 753. The summed E-state index contributed by atoms with van der Waals surface area (Å²) in [5, 5.41) is 5.30. The van der Waals surface area contributed by atoms with Crippen LogP contribution in [0.1, 0.15) is 18.2 Å². The summed E-state index contributed by atoms with van der Waals surface area (Å²) in [4.78, 5) is 4.52. The minimum Gasteiger partial charge on any atom is -0.381 e. The SMILES string of the molecule is Cn1ccc2ccc(-c3nc([C@H]4CCOC4)no3)cc21. The summed E-state index contributed by atoms with van der Waals surface area (Å²) in [6.07, 6.45) is 3.01. The van der Waals surface area contributed by atoms with E-state index >= 15 is 0 Å². The third-order valence-electron chi connectivity index (χ3n) is 3.87. The molecular weight excluding hydrogens is 254 g/mol. The molecule has 5 heteroatoms. The van der Waals surface area contributed by atoms with E-state index in [9.17, 15) is 0 Å². The van der Waals surface area contributed by atoms with Gasteiger partial charge in [-0.15, -0.1) is 0 Å². The van der Waals surface area contributed by atoms with Crippen LogP contribution < -0.4 is 0 Å². The Balaban J connectivity index is 1.72. The molecule has 1 fully saturated rings. The summed E-state index contributed by atoms with van der Waals surface area (Å²) in [5.41, 5.74) is 2.11. The molecular formula is C15H15N3O2. The van der Waals surface area contributed by atoms with E-state index in [2.05, 4.69) is 32.9 Å². The van der Waals surface area contributed by atoms with Gasteiger partial charge in [-0.2, -0.15) is 4.98 Å². The first kappa shape index (κ1) is 11.7. The molecule has 1 aliphatic heterocycles. The molecule has 0 saturated carbocycles. The molecule has 3 heterocycles. The van der Waals surface area contributed by atoms with Gasteiger partial charge in [0.2, 0.25) is 0 Å². The van der Waals surface area contributed by atoms with E-state index < -0.39 is 0 Å². The first-order valence-corrected chi connectivity index (χ1v) is 6.78. The summed E-state index contributed by atoms with van der Waals surface area (Å²) >= 11 is 0. The Morgan fingerprint density at radius 3 is 3.10 bits per heavy atom. The molecule has 0 bridgehead atoms. The number of hydrogen-bond acceptors (Lipinski definition) is 4. The molecule has 5 nitrogen and oxygen atoms in total. The fraction of sp³-hybridized carbons (Fsp3) is 0.333. The van der Waals surface area contributed by atoms with Crippen LogP contribution in [0.2, 0.25) is 0 Å². The maximum absolute atomic E-state index is 5.40. The Morgan fingerprint density at radius 2 is 2.25 bits per heavy atom. The van der Waals surface area contributed by atoms with Crippen molar-refractivity contribution in [2.24, 2.45) is 7.05 Å². The average molecular weight is 269 g/mol. The first-order valence-electron chi connectivity index (χ1n) is 6.78. The van der Waals surface area contributed by atoms with Crippen molar-refractivity contribution in [3.05, 3.63) is 36.3 Å². The van der Waals surface area contributed by atoms with Crippen molar-refractivity contribution in [3.63, 3.8) is 0 Å². The monoisotopic (exact) mass is 269 g/mol. The lowest BCUT2D eigenvalue weighted by Gasteiger charge is -1.99. The predicted molar refractivity (Wildman–Crippen MR) is 74.4 cm³/mol. The van der Waals surface area contributed by atoms with Gasteiger partial charge in [0.05, 0.1) is 6.61 Å². The molecule has 0 amide bonds. The van der Waals surface area contributed by atoms with Crippen molar-refractivity contribution < 1.29 is 9.26 Å². The highest BCUT2D eigenvalue weighted by Crippen LogP contribution is 2.27. The largest absolute Gasteiger partial charge is 0.381 e. The van der Waals surface area contributed by atoms with Crippen molar-refractivity contribution in [2.45, 2.75) is 12.3 Å². The molecule has 102 valence electrons. The van der Waals surface area contributed by atoms with Gasteiger partial charge < -0.3 is 13.8 Å². The van der Waals surface area contributed by atoms with Crippen molar-refractivity contribution >= 4 is 10.9 Å². The number of fused-ring (bicyclic) bond motifs is 1. The molecule has 0 aliphatic carbocycles. The van der Waals surface area contributed by atoms with E-state index in [-0.39, 0.29) is 5.92 Å². The second-order valence-electron chi connectivity index (χ2n) is 5.22. The maximum atomic E-state index is 5.40. The lowest BCUT2D eigenvalue weighted by molar-refractivity contribution is 0.192. The molecule has 1 atom stereocenters. The molecule has 0 spiro atoms. The highest BCUT2D eigenvalue weighted by molar-refractivity contribution is 5.84. The number of aryl methyl sites for hydroxylation is 1. The Morgan fingerprint density at radius 1 is 1.30 bits per heavy atom. The predicted octanol–water partition coefficient (Wildman–Crippen LogP) is 2.73. The molecule has 0 radical (unpaired) electrons. The van der Waals surface area contributed by atoms with E-state index in [1.54, 1.807) is 0 Å². The van der Waals surface area contributed by atoms with E-state index in [4.69, 9.17) is 9.26 Å². The van der Waals surface area contributed by atoms with E-state index in [0.717, 1.165) is 29.9 Å². The second-order valence-corrected chi connectivity index (χ2v) is 5.22. The second kappa shape index (κ2) is 4.45. The van der Waals surface area contributed by atoms with Crippen LogP contribution in [-0.2, 0) is 11.8 Å². The summed E-state index contributed by atoms with van der Waals surface area (Å²) < 4.78 is 12.9. The summed E-state index contributed by atoms with van der Waals surface area (Å²) in [6.45, 7) is 1.47. The topological polar surface area (TPSA) is 53.1 Å². The van der Waals surface area contributed by atoms with Crippen LogP contribution in [0.15, 0.2) is 35.0 Å². The van der Waals surface area contributed by atoms with Gasteiger partial charge >= 0.3 is 0 Å². The van der Waals surface area contributed by atoms with Crippen LogP contribution in [-0.4, -0.2) is 27.9 Å². The molecule has 4 rings (SSSR count). The summed E-state index contributed by atoms with van der Waals surface area (Å²) in [7, 11) is 2.03. The Hall–Kier alpha value is -2.14. The van der Waals surface area contributed by atoms with E-state index in [1.165, 1.54) is 5.39 Å². The van der Waals surface area contributed by atoms with Crippen LogP contribution in [0.25, 0.3) is 22.4 Å². The molecule has 2 aromatic heterocycles. The van der Waals surface area contributed by atoms with Crippen molar-refractivity contribution in [1.82, 2.24) is 14.7 Å². The number of nitrogens with zero attached hydrogens (tertiary/aromatic N) is 3. The zero-order valence-corrected chi connectivity index (χ0v) is 11.2. The minimum absolute atomic E-state index is 0.270. The Labute approximate surface area is 116 Å². The van der Waals surface area contributed by atoms with Crippen LogP contribution in [0.5, 0.6) is 0 Å². The van der Waals surface area contributed by atoms with Gasteiger partial charge in [-0.25, -0.2) is 0 Å². The van der Waals surface area contributed by atoms with E-state index in [0.29, 0.717) is 12.5 Å². The molecule has 3 aromatic rings. The normalized spacial score (nSPS) is 18.9. The number of ether oxygens (including phenoxy) is 1. The van der Waals surface area contributed by atoms with Gasteiger partial charge in [-0.05, 0) is 30.0 Å². The standard InChI is InChI=1S/C15H15N3O2/c1-18-6-4-10-2-3-11(8-13(10)18)15-16-14(17-20-15)12-5-7-19-9-12/h2-4,6,8,12H,5,7,9H2,1H3/t12-/m0/s1. The zero-order chi connectivity index (χ0) is 13.5. The third kappa shape index (κ3) is 1.82. The molecule has 1 aliphatic rings.